The second kappa shape index (κ2) is 12.4. The van der Waals surface area contributed by atoms with E-state index in [2.05, 4.69) is 5.32 Å². The summed E-state index contributed by atoms with van der Waals surface area (Å²) in [4.78, 5) is 43.2. The average molecular weight is 596 g/mol. The van der Waals surface area contributed by atoms with Crippen LogP contribution in [0.2, 0.25) is 0 Å². The summed E-state index contributed by atoms with van der Waals surface area (Å²) in [6.07, 6.45) is 0.433. The molecule has 3 aliphatic rings. The highest BCUT2D eigenvalue weighted by Gasteiger charge is 2.41. The van der Waals surface area contributed by atoms with Gasteiger partial charge in [0.25, 0.3) is 11.8 Å². The van der Waals surface area contributed by atoms with Crippen molar-refractivity contribution in [2.24, 2.45) is 0 Å². The van der Waals surface area contributed by atoms with E-state index >= 15 is 0 Å². The van der Waals surface area contributed by atoms with Crippen LogP contribution in [-0.2, 0) is 22.4 Å². The number of rotatable bonds is 7. The van der Waals surface area contributed by atoms with Gasteiger partial charge in [-0.3, -0.25) is 14.5 Å². The number of ether oxygens (including phenoxy) is 3. The van der Waals surface area contributed by atoms with Crippen molar-refractivity contribution in [3.05, 3.63) is 58.7 Å². The maximum absolute atomic E-state index is 13.4. The van der Waals surface area contributed by atoms with Gasteiger partial charge in [0.2, 0.25) is 0 Å². The Balaban J connectivity index is 1.30. The van der Waals surface area contributed by atoms with Crippen molar-refractivity contribution in [1.29, 1.82) is 0 Å². The van der Waals surface area contributed by atoms with E-state index in [0.29, 0.717) is 31.8 Å². The van der Waals surface area contributed by atoms with Gasteiger partial charge in [-0.25, -0.2) is 4.79 Å². The lowest BCUT2D eigenvalue weighted by atomic mass is 9.91. The number of aliphatic hydroxyl groups excluding tert-OH is 1. The fourth-order valence-electron chi connectivity index (χ4n) is 6.11. The van der Waals surface area contributed by atoms with Crippen LogP contribution in [0.15, 0.2) is 36.4 Å². The number of aliphatic hydroxyl groups is 1. The Bertz CT molecular complexity index is 1360. The molecule has 2 aromatic rings. The first-order valence-electron chi connectivity index (χ1n) is 14.9. The first-order chi connectivity index (χ1) is 20.4. The van der Waals surface area contributed by atoms with E-state index in [1.807, 2.05) is 4.90 Å². The molecule has 11 nitrogen and oxygen atoms in total. The summed E-state index contributed by atoms with van der Waals surface area (Å²) >= 11 is 0. The van der Waals surface area contributed by atoms with Crippen molar-refractivity contribution >= 4 is 17.9 Å². The Morgan fingerprint density at radius 1 is 1.07 bits per heavy atom. The quantitative estimate of drug-likeness (QED) is 0.444. The number of amides is 3. The van der Waals surface area contributed by atoms with Crippen molar-refractivity contribution in [2.45, 2.75) is 83.3 Å². The molecule has 0 aromatic heterocycles. The van der Waals surface area contributed by atoms with E-state index in [1.165, 1.54) is 4.90 Å². The molecule has 2 bridgehead atoms. The van der Waals surface area contributed by atoms with E-state index in [9.17, 15) is 24.6 Å². The normalized spacial score (nSPS) is 22.0. The molecule has 5 rings (SSSR count). The minimum Gasteiger partial charge on any atom is -0.508 e. The van der Waals surface area contributed by atoms with Crippen LogP contribution in [0.25, 0.3) is 0 Å². The highest BCUT2D eigenvalue weighted by atomic mass is 16.6. The van der Waals surface area contributed by atoms with E-state index in [-0.39, 0.29) is 48.1 Å². The first kappa shape index (κ1) is 30.6. The number of nitrogens with zero attached hydrogens (tertiary/aromatic N) is 2. The molecular weight excluding hydrogens is 554 g/mol. The third kappa shape index (κ3) is 6.73. The molecule has 3 amide bonds. The van der Waals surface area contributed by atoms with E-state index in [0.717, 1.165) is 24.0 Å². The van der Waals surface area contributed by atoms with Crippen LogP contribution in [0.1, 0.15) is 72.4 Å². The predicted molar refractivity (Wildman–Crippen MR) is 157 cm³/mol. The fraction of sp³-hybridized carbons (Fsp3) is 0.531. The molecule has 2 unspecified atom stereocenters. The number of carbonyl (C=O) groups excluding carboxylic acids is 3. The summed E-state index contributed by atoms with van der Waals surface area (Å²) < 4.78 is 17.0. The van der Waals surface area contributed by atoms with Crippen molar-refractivity contribution in [2.75, 3.05) is 26.4 Å². The maximum atomic E-state index is 13.4. The molecule has 0 spiro atoms. The molecular formula is C32H41N3O8. The first-order valence-corrected chi connectivity index (χ1v) is 14.9. The summed E-state index contributed by atoms with van der Waals surface area (Å²) in [6.45, 7) is 8.45. The SMILES string of the molecule is CCOc1cc(C(=O)N2C3CCC2COC3)ccc1C(=O)NC[C@@H](O)[C@@H]1Cc2ccc(O)cc2CN1C(=O)OC(C)(C)C. The summed E-state index contributed by atoms with van der Waals surface area (Å²) in [5.41, 5.74) is 1.59. The summed E-state index contributed by atoms with van der Waals surface area (Å²) in [6, 6.07) is 9.18. The van der Waals surface area contributed by atoms with Gasteiger partial charge in [-0.1, -0.05) is 6.07 Å². The van der Waals surface area contributed by atoms with Gasteiger partial charge >= 0.3 is 6.09 Å². The Hall–Kier alpha value is -3.83. The number of aromatic hydroxyl groups is 1. The largest absolute Gasteiger partial charge is 0.508 e. The standard InChI is InChI=1S/C32H41N3O8/c1-5-42-28-14-20(30(39)35-22-8-9-23(35)18-41-17-22)7-11-25(28)29(38)33-15-27(37)26-13-19-6-10-24(36)12-21(19)16-34(26)31(40)43-32(2,3)4/h6-7,10-12,14,22-23,26-27,36-37H,5,8-9,13,15-18H2,1-4H3,(H,33,38)/t22?,23?,26-,27+/m0/s1. The molecule has 11 heteroatoms. The van der Waals surface area contributed by atoms with Gasteiger partial charge < -0.3 is 34.6 Å². The lowest BCUT2D eigenvalue weighted by Gasteiger charge is -2.40. The van der Waals surface area contributed by atoms with Gasteiger partial charge in [-0.05, 0) is 88.4 Å². The Kier molecular flexibility index (Phi) is 8.84. The molecule has 3 heterocycles. The smallest absolute Gasteiger partial charge is 0.410 e. The van der Waals surface area contributed by atoms with E-state index in [1.54, 1.807) is 64.1 Å². The number of fused-ring (bicyclic) bond motifs is 3. The molecule has 0 radical (unpaired) electrons. The monoisotopic (exact) mass is 595 g/mol. The molecule has 43 heavy (non-hydrogen) atoms. The molecule has 2 saturated heterocycles. The lowest BCUT2D eigenvalue weighted by Crippen LogP contribution is -2.54. The Labute approximate surface area is 251 Å². The van der Waals surface area contributed by atoms with Gasteiger partial charge in [-0.15, -0.1) is 0 Å². The number of phenols is 1. The molecule has 232 valence electrons. The number of hydrogen-bond acceptors (Lipinski definition) is 8. The predicted octanol–water partition coefficient (Wildman–Crippen LogP) is 3.25. The van der Waals surface area contributed by atoms with E-state index < -0.39 is 29.7 Å². The zero-order valence-corrected chi connectivity index (χ0v) is 25.2. The number of carbonyl (C=O) groups is 3. The number of hydrogen-bond donors (Lipinski definition) is 3. The maximum Gasteiger partial charge on any atom is 0.410 e. The molecule has 3 aliphatic heterocycles. The van der Waals surface area contributed by atoms with Gasteiger partial charge in [0.15, 0.2) is 0 Å². The fourth-order valence-corrected chi connectivity index (χ4v) is 6.11. The van der Waals surface area contributed by atoms with Crippen LogP contribution in [0.4, 0.5) is 4.79 Å². The van der Waals surface area contributed by atoms with Crippen LogP contribution < -0.4 is 10.1 Å². The number of morpholine rings is 1. The second-order valence-electron chi connectivity index (χ2n) is 12.4. The number of benzene rings is 2. The molecule has 4 atom stereocenters. The Morgan fingerprint density at radius 3 is 2.47 bits per heavy atom. The second-order valence-corrected chi connectivity index (χ2v) is 12.4. The van der Waals surface area contributed by atoms with Crippen molar-refractivity contribution in [3.8, 4) is 11.5 Å². The summed E-state index contributed by atoms with van der Waals surface area (Å²) in [5, 5.41) is 24.0. The van der Waals surface area contributed by atoms with Gasteiger partial charge in [-0.2, -0.15) is 0 Å². The average Bonchev–Trinajstić information content (AvgIpc) is 3.21. The van der Waals surface area contributed by atoms with Crippen molar-refractivity contribution in [3.63, 3.8) is 0 Å². The minimum absolute atomic E-state index is 0.0592. The van der Waals surface area contributed by atoms with Crippen LogP contribution in [-0.4, -0.2) is 94.1 Å². The van der Waals surface area contributed by atoms with Crippen LogP contribution in [0.5, 0.6) is 11.5 Å². The van der Waals surface area contributed by atoms with Crippen LogP contribution in [0, 0.1) is 0 Å². The summed E-state index contributed by atoms with van der Waals surface area (Å²) in [5.74, 6) is -0.211. The van der Waals surface area contributed by atoms with Crippen LogP contribution >= 0.6 is 0 Å². The lowest BCUT2D eigenvalue weighted by molar-refractivity contribution is -0.0113. The summed E-state index contributed by atoms with van der Waals surface area (Å²) in [7, 11) is 0. The van der Waals surface area contributed by atoms with Gasteiger partial charge in [0, 0.05) is 18.7 Å². The molecule has 0 saturated carbocycles. The molecule has 2 fully saturated rings. The third-order valence-electron chi connectivity index (χ3n) is 8.15. The van der Waals surface area contributed by atoms with Crippen molar-refractivity contribution < 1.29 is 38.8 Å². The van der Waals surface area contributed by atoms with Gasteiger partial charge in [0.1, 0.15) is 17.1 Å². The molecule has 0 aliphatic carbocycles. The number of nitrogens with one attached hydrogen (secondary N) is 1. The zero-order chi connectivity index (χ0) is 30.9. The zero-order valence-electron chi connectivity index (χ0n) is 25.2. The Morgan fingerprint density at radius 2 is 1.79 bits per heavy atom. The van der Waals surface area contributed by atoms with E-state index in [4.69, 9.17) is 14.2 Å². The highest BCUT2D eigenvalue weighted by molar-refractivity contribution is 6.00. The number of phenolic OH excluding ortho intramolecular Hbond substituents is 1. The third-order valence-corrected chi connectivity index (χ3v) is 8.15. The van der Waals surface area contributed by atoms with Crippen molar-refractivity contribution in [1.82, 2.24) is 15.1 Å². The highest BCUT2D eigenvalue weighted by Crippen LogP contribution is 2.32. The minimum atomic E-state index is -1.12. The molecule has 2 aromatic carbocycles. The van der Waals surface area contributed by atoms with Crippen LogP contribution in [0.3, 0.4) is 0 Å². The topological polar surface area (TPSA) is 138 Å². The van der Waals surface area contributed by atoms with Gasteiger partial charge in [0.05, 0.1) is 49.6 Å². The molecule has 3 N–H and O–H groups in total.